The zero-order chi connectivity index (χ0) is 11.1. The van der Waals surface area contributed by atoms with Gasteiger partial charge >= 0.3 is 0 Å². The third kappa shape index (κ3) is 1.69. The first kappa shape index (κ1) is 10.3. The molecule has 0 radical (unpaired) electrons. The molecule has 2 aliphatic rings. The van der Waals surface area contributed by atoms with Gasteiger partial charge in [-0.3, -0.25) is 0 Å². The molecular formula is C7H7ClN2O4S. The number of allylic oxidation sites excluding steroid dienone is 2. The number of nitrogens with one attached hydrogen (secondary N) is 1. The molecule has 0 aromatic rings. The van der Waals surface area contributed by atoms with Gasteiger partial charge in [0.05, 0.1) is 13.3 Å². The van der Waals surface area contributed by atoms with Crippen LogP contribution in [-0.4, -0.2) is 20.6 Å². The van der Waals surface area contributed by atoms with Crippen molar-refractivity contribution >= 4 is 19.7 Å². The molecule has 1 N–H and O–H groups in total. The Hall–Kier alpha value is -1.18. The Morgan fingerprint density at radius 2 is 2.27 bits per heavy atom. The van der Waals surface area contributed by atoms with Gasteiger partial charge in [-0.05, 0) is 6.08 Å². The van der Waals surface area contributed by atoms with Gasteiger partial charge in [0.2, 0.25) is 5.88 Å². The zero-order valence-electron chi connectivity index (χ0n) is 7.60. The molecule has 15 heavy (non-hydrogen) atoms. The number of hydrogen-bond acceptors (Lipinski definition) is 6. The lowest BCUT2D eigenvalue weighted by Gasteiger charge is -2.23. The number of halogens is 1. The van der Waals surface area contributed by atoms with Crippen molar-refractivity contribution < 1.29 is 18.1 Å². The lowest BCUT2D eigenvalue weighted by Crippen LogP contribution is -2.25. The maximum Gasteiger partial charge on any atom is 0.263 e. The largest absolute Gasteiger partial charge is 0.481 e. The average molecular weight is 251 g/mol. The molecule has 0 spiro atoms. The summed E-state index contributed by atoms with van der Waals surface area (Å²) in [6, 6.07) is 0. The van der Waals surface area contributed by atoms with Gasteiger partial charge in [0.1, 0.15) is 10.6 Å². The molecule has 0 atom stereocenters. The smallest absolute Gasteiger partial charge is 0.263 e. The fraction of sp³-hybridized carbons (Fsp3) is 0.143. The van der Waals surface area contributed by atoms with Crippen LogP contribution in [0.1, 0.15) is 0 Å². The van der Waals surface area contributed by atoms with E-state index in [4.69, 9.17) is 20.4 Å². The summed E-state index contributed by atoms with van der Waals surface area (Å²) < 4.78 is 27.4. The van der Waals surface area contributed by atoms with Crippen LogP contribution in [0.4, 0.5) is 0 Å². The van der Waals surface area contributed by atoms with Crippen molar-refractivity contribution in [2.24, 2.45) is 0 Å². The van der Waals surface area contributed by atoms with E-state index < -0.39 is 9.05 Å². The summed E-state index contributed by atoms with van der Waals surface area (Å²) in [7, 11) is 2.89. The Morgan fingerprint density at radius 3 is 2.87 bits per heavy atom. The molecule has 0 aromatic carbocycles. The van der Waals surface area contributed by atoms with Crippen molar-refractivity contribution in [3.05, 3.63) is 34.8 Å². The first-order valence-electron chi connectivity index (χ1n) is 3.88. The topological polar surface area (TPSA) is 67.9 Å². The molecule has 0 saturated heterocycles. The van der Waals surface area contributed by atoms with Crippen molar-refractivity contribution in [2.45, 2.75) is 0 Å². The molecule has 2 rings (SSSR count). The SMILES string of the molecule is COC1=CC=C(S(=O)(=O)Cl)C2=CNON12. The van der Waals surface area contributed by atoms with E-state index in [2.05, 4.69) is 5.48 Å². The van der Waals surface area contributed by atoms with Crippen molar-refractivity contribution in [1.29, 1.82) is 0 Å². The van der Waals surface area contributed by atoms with Crippen LogP contribution in [0.5, 0.6) is 0 Å². The molecule has 82 valence electrons. The highest BCUT2D eigenvalue weighted by molar-refractivity contribution is 8.17. The monoisotopic (exact) mass is 250 g/mol. The predicted octanol–water partition coefficient (Wildman–Crippen LogP) is 0.534. The Morgan fingerprint density at radius 1 is 1.53 bits per heavy atom. The van der Waals surface area contributed by atoms with E-state index in [-0.39, 0.29) is 10.6 Å². The molecule has 0 amide bonds. The van der Waals surface area contributed by atoms with E-state index in [0.717, 1.165) is 0 Å². The second kappa shape index (κ2) is 3.44. The van der Waals surface area contributed by atoms with E-state index in [9.17, 15) is 8.42 Å². The summed E-state index contributed by atoms with van der Waals surface area (Å²) in [6.45, 7) is 0. The van der Waals surface area contributed by atoms with Gasteiger partial charge in [0, 0.05) is 16.8 Å². The third-order valence-corrected chi connectivity index (χ3v) is 3.23. The van der Waals surface area contributed by atoms with Crippen LogP contribution in [-0.2, 0) is 18.7 Å². The minimum absolute atomic E-state index is 0.0463. The average Bonchev–Trinajstić information content (AvgIpc) is 2.62. The minimum atomic E-state index is -3.81. The second-order valence-electron chi connectivity index (χ2n) is 2.71. The van der Waals surface area contributed by atoms with Gasteiger partial charge in [-0.1, -0.05) is 0 Å². The van der Waals surface area contributed by atoms with Crippen LogP contribution < -0.4 is 5.48 Å². The number of hydrogen-bond donors (Lipinski definition) is 1. The van der Waals surface area contributed by atoms with Crippen LogP contribution in [0.2, 0.25) is 0 Å². The molecule has 0 bridgehead atoms. The van der Waals surface area contributed by atoms with Gasteiger partial charge in [-0.25, -0.2) is 13.9 Å². The highest BCUT2D eigenvalue weighted by Crippen LogP contribution is 2.32. The fourth-order valence-electron chi connectivity index (χ4n) is 1.23. The quantitative estimate of drug-likeness (QED) is 0.722. The number of ether oxygens (including phenoxy) is 1. The summed E-state index contributed by atoms with van der Waals surface area (Å²) >= 11 is 0. The molecule has 0 aromatic heterocycles. The van der Waals surface area contributed by atoms with Gasteiger partial charge in [0.25, 0.3) is 9.05 Å². The van der Waals surface area contributed by atoms with Crippen LogP contribution in [0, 0.1) is 0 Å². The van der Waals surface area contributed by atoms with Crippen LogP contribution in [0.15, 0.2) is 34.8 Å². The minimum Gasteiger partial charge on any atom is -0.481 e. The maximum atomic E-state index is 11.2. The number of nitrogens with zero attached hydrogens (tertiary/aromatic N) is 1. The van der Waals surface area contributed by atoms with E-state index in [1.54, 1.807) is 0 Å². The van der Waals surface area contributed by atoms with E-state index in [1.807, 2.05) is 0 Å². The zero-order valence-corrected chi connectivity index (χ0v) is 9.17. The first-order chi connectivity index (χ1) is 7.04. The van der Waals surface area contributed by atoms with Crippen LogP contribution >= 0.6 is 10.7 Å². The molecule has 2 aliphatic heterocycles. The van der Waals surface area contributed by atoms with Gasteiger partial charge in [-0.2, -0.15) is 5.06 Å². The van der Waals surface area contributed by atoms with Crippen molar-refractivity contribution in [3.8, 4) is 0 Å². The summed E-state index contributed by atoms with van der Waals surface area (Å²) in [5.41, 5.74) is 2.69. The third-order valence-electron chi connectivity index (χ3n) is 1.86. The number of fused-ring (bicyclic) bond motifs is 1. The van der Waals surface area contributed by atoms with Gasteiger partial charge < -0.3 is 4.74 Å². The normalized spacial score (nSPS) is 19.9. The molecule has 8 heteroatoms. The molecule has 2 heterocycles. The Bertz CT molecular complexity index is 479. The van der Waals surface area contributed by atoms with E-state index in [0.29, 0.717) is 5.88 Å². The molecule has 0 fully saturated rings. The van der Waals surface area contributed by atoms with Crippen molar-refractivity contribution in [1.82, 2.24) is 10.5 Å². The Kier molecular flexibility index (Phi) is 2.37. The molecule has 0 saturated carbocycles. The standard InChI is InChI=1S/C7H7ClN2O4S/c1-13-7-3-2-6(15(8,11)12)5-4-9-14-10(5)7/h2-4,9H,1H3. The molecule has 0 unspecified atom stereocenters. The highest BCUT2D eigenvalue weighted by Gasteiger charge is 2.33. The van der Waals surface area contributed by atoms with Crippen LogP contribution in [0.3, 0.4) is 0 Å². The van der Waals surface area contributed by atoms with Gasteiger partial charge in [0.15, 0.2) is 0 Å². The molecule has 6 nitrogen and oxygen atoms in total. The predicted molar refractivity (Wildman–Crippen MR) is 52.1 cm³/mol. The van der Waals surface area contributed by atoms with Gasteiger partial charge in [-0.15, -0.1) is 4.94 Å². The summed E-state index contributed by atoms with van der Waals surface area (Å²) in [6.07, 6.45) is 4.16. The van der Waals surface area contributed by atoms with E-state index >= 15 is 0 Å². The Labute approximate surface area is 90.7 Å². The molecule has 0 aliphatic carbocycles. The second-order valence-corrected chi connectivity index (χ2v) is 5.25. The number of methoxy groups -OCH3 is 1. The first-order valence-corrected chi connectivity index (χ1v) is 6.19. The van der Waals surface area contributed by atoms with Crippen molar-refractivity contribution in [2.75, 3.05) is 7.11 Å². The summed E-state index contributed by atoms with van der Waals surface area (Å²) in [5, 5.41) is 1.19. The number of hydroxylamine groups is 3. The Balaban J connectivity index is 2.50. The lowest BCUT2D eigenvalue weighted by molar-refractivity contribution is -0.152. The lowest BCUT2D eigenvalue weighted by atomic mass is 10.3. The molecular weight excluding hydrogens is 244 g/mol. The fourth-order valence-corrected chi connectivity index (χ4v) is 2.25. The maximum absolute atomic E-state index is 11.2. The van der Waals surface area contributed by atoms with Crippen LogP contribution in [0.25, 0.3) is 0 Å². The number of rotatable bonds is 2. The summed E-state index contributed by atoms with van der Waals surface area (Å²) in [4.78, 5) is 4.87. The highest BCUT2D eigenvalue weighted by atomic mass is 35.7. The van der Waals surface area contributed by atoms with Crippen molar-refractivity contribution in [3.63, 3.8) is 0 Å². The van der Waals surface area contributed by atoms with E-state index in [1.165, 1.54) is 30.5 Å². The summed E-state index contributed by atoms with van der Waals surface area (Å²) in [5.74, 6) is 0.357.